The standard InChI is InChI=1S/C25H31N3O4S3/c1-27(20-8-3-2-4-9-20)34(29,30)21-10-7-11-22(18-21)35(31,32)28-16-14-19(15-17-28)25-26-23-12-5-6-13-24(23)33-25/h5-7,10-13,18-20H,2-4,8-9,14-17H2,1H3. The number of nitrogens with zero attached hydrogens (tertiary/aromatic N) is 3. The molecule has 2 fully saturated rings. The number of sulfonamides is 2. The molecule has 2 heterocycles. The topological polar surface area (TPSA) is 87.7 Å². The van der Waals surface area contributed by atoms with Crippen LogP contribution in [0.4, 0.5) is 0 Å². The first-order valence-corrected chi connectivity index (χ1v) is 15.9. The molecule has 2 aliphatic rings. The second-order valence-electron chi connectivity index (χ2n) is 9.49. The van der Waals surface area contributed by atoms with Gasteiger partial charge in [0.25, 0.3) is 0 Å². The fourth-order valence-electron chi connectivity index (χ4n) is 5.16. The SMILES string of the molecule is CN(C1CCCCC1)S(=O)(=O)c1cccc(S(=O)(=O)N2CCC(c3nc4ccccc4s3)CC2)c1. The summed E-state index contributed by atoms with van der Waals surface area (Å²) in [4.78, 5) is 4.83. The summed E-state index contributed by atoms with van der Waals surface area (Å²) >= 11 is 1.68. The maximum absolute atomic E-state index is 13.4. The van der Waals surface area contributed by atoms with Crippen LogP contribution in [0.2, 0.25) is 0 Å². The van der Waals surface area contributed by atoms with E-state index in [9.17, 15) is 16.8 Å². The molecule has 3 aromatic rings. The normalized spacial score (nSPS) is 19.5. The lowest BCUT2D eigenvalue weighted by molar-refractivity contribution is 0.286. The Kier molecular flexibility index (Phi) is 7.02. The van der Waals surface area contributed by atoms with E-state index < -0.39 is 20.0 Å². The van der Waals surface area contributed by atoms with Gasteiger partial charge in [-0.05, 0) is 56.0 Å². The van der Waals surface area contributed by atoms with Crippen LogP contribution in [0.25, 0.3) is 10.2 Å². The van der Waals surface area contributed by atoms with Crippen molar-refractivity contribution in [2.75, 3.05) is 20.1 Å². The van der Waals surface area contributed by atoms with Crippen LogP contribution in [-0.2, 0) is 20.0 Å². The van der Waals surface area contributed by atoms with Crippen LogP contribution in [-0.4, -0.2) is 56.6 Å². The van der Waals surface area contributed by atoms with Gasteiger partial charge in [0.15, 0.2) is 0 Å². The van der Waals surface area contributed by atoms with Gasteiger partial charge in [-0.15, -0.1) is 11.3 Å². The first-order valence-electron chi connectivity index (χ1n) is 12.2. The summed E-state index contributed by atoms with van der Waals surface area (Å²) in [5, 5.41) is 1.06. The van der Waals surface area contributed by atoms with Gasteiger partial charge in [-0.2, -0.15) is 8.61 Å². The van der Waals surface area contributed by atoms with Crippen molar-refractivity contribution in [2.24, 2.45) is 0 Å². The van der Waals surface area contributed by atoms with Crippen molar-refractivity contribution in [3.63, 3.8) is 0 Å². The molecular formula is C25H31N3O4S3. The van der Waals surface area contributed by atoms with Crippen molar-refractivity contribution in [2.45, 2.75) is 66.7 Å². The smallest absolute Gasteiger partial charge is 0.241 e. The second-order valence-corrected chi connectivity index (χ2v) is 14.5. The minimum Gasteiger partial charge on any atom is -0.241 e. The van der Waals surface area contributed by atoms with Gasteiger partial charge in [-0.1, -0.05) is 37.5 Å². The van der Waals surface area contributed by atoms with E-state index in [1.165, 1.54) is 32.9 Å². The highest BCUT2D eigenvalue weighted by atomic mass is 32.2. The monoisotopic (exact) mass is 533 g/mol. The molecule has 0 atom stereocenters. The largest absolute Gasteiger partial charge is 0.243 e. The van der Waals surface area contributed by atoms with Crippen molar-refractivity contribution in [1.82, 2.24) is 13.6 Å². The van der Waals surface area contributed by atoms with Crippen molar-refractivity contribution >= 4 is 41.6 Å². The summed E-state index contributed by atoms with van der Waals surface area (Å²) in [6, 6.07) is 13.8. The number of rotatable bonds is 6. The minimum atomic E-state index is -3.79. The number of para-hydroxylation sites is 1. The molecule has 2 aromatic carbocycles. The van der Waals surface area contributed by atoms with Gasteiger partial charge in [0.05, 0.1) is 25.0 Å². The Bertz CT molecular complexity index is 1370. The number of piperidine rings is 1. The Hall–Kier alpha value is -1.85. The quantitative estimate of drug-likeness (QED) is 0.453. The molecule has 1 saturated carbocycles. The van der Waals surface area contributed by atoms with E-state index in [4.69, 9.17) is 4.98 Å². The van der Waals surface area contributed by atoms with E-state index in [0.717, 1.165) is 47.3 Å². The number of benzene rings is 2. The lowest BCUT2D eigenvalue weighted by atomic mass is 9.96. The molecular weight excluding hydrogens is 502 g/mol. The van der Waals surface area contributed by atoms with Crippen LogP contribution in [0.1, 0.15) is 55.9 Å². The number of aromatic nitrogens is 1. The highest BCUT2D eigenvalue weighted by Gasteiger charge is 2.33. The Morgan fingerprint density at radius 1 is 0.886 bits per heavy atom. The van der Waals surface area contributed by atoms with E-state index in [2.05, 4.69) is 6.07 Å². The molecule has 1 saturated heterocycles. The highest BCUT2D eigenvalue weighted by molar-refractivity contribution is 7.90. The fraction of sp³-hybridized carbons (Fsp3) is 0.480. The summed E-state index contributed by atoms with van der Waals surface area (Å²) in [5.41, 5.74) is 0.985. The summed E-state index contributed by atoms with van der Waals surface area (Å²) in [6.45, 7) is 0.782. The van der Waals surface area contributed by atoms with Gasteiger partial charge in [-0.3, -0.25) is 0 Å². The average Bonchev–Trinajstić information content (AvgIpc) is 3.33. The van der Waals surface area contributed by atoms with Crippen LogP contribution in [0.15, 0.2) is 58.3 Å². The second kappa shape index (κ2) is 9.89. The molecule has 0 unspecified atom stereocenters. The summed E-state index contributed by atoms with van der Waals surface area (Å²) in [5.74, 6) is 0.231. The zero-order valence-corrected chi connectivity index (χ0v) is 22.3. The molecule has 0 spiro atoms. The Balaban J connectivity index is 1.31. The third-order valence-electron chi connectivity index (χ3n) is 7.32. The third-order valence-corrected chi connectivity index (χ3v) is 12.3. The molecule has 0 amide bonds. The molecule has 1 aliphatic heterocycles. The maximum Gasteiger partial charge on any atom is 0.243 e. The lowest BCUT2D eigenvalue weighted by Gasteiger charge is -2.31. The van der Waals surface area contributed by atoms with Crippen molar-refractivity contribution in [1.29, 1.82) is 0 Å². The van der Waals surface area contributed by atoms with Crippen LogP contribution in [0, 0.1) is 0 Å². The molecule has 7 nitrogen and oxygen atoms in total. The maximum atomic E-state index is 13.4. The van der Waals surface area contributed by atoms with Crippen LogP contribution in [0.5, 0.6) is 0 Å². The fourth-order valence-corrected chi connectivity index (χ4v) is 9.35. The average molecular weight is 534 g/mol. The Morgan fingerprint density at radius 2 is 1.57 bits per heavy atom. The Morgan fingerprint density at radius 3 is 2.29 bits per heavy atom. The van der Waals surface area contributed by atoms with Crippen LogP contribution in [0.3, 0.4) is 0 Å². The first kappa shape index (κ1) is 24.8. The molecule has 188 valence electrons. The molecule has 1 aliphatic carbocycles. The predicted molar refractivity (Wildman–Crippen MR) is 139 cm³/mol. The van der Waals surface area contributed by atoms with Gasteiger partial charge < -0.3 is 0 Å². The van der Waals surface area contributed by atoms with Crippen LogP contribution < -0.4 is 0 Å². The van der Waals surface area contributed by atoms with E-state index in [0.29, 0.717) is 25.9 Å². The summed E-state index contributed by atoms with van der Waals surface area (Å²) in [7, 11) is -5.95. The van der Waals surface area contributed by atoms with E-state index in [-0.39, 0.29) is 21.8 Å². The van der Waals surface area contributed by atoms with E-state index >= 15 is 0 Å². The van der Waals surface area contributed by atoms with Gasteiger partial charge in [0.1, 0.15) is 0 Å². The third kappa shape index (κ3) is 4.91. The molecule has 0 radical (unpaired) electrons. The van der Waals surface area contributed by atoms with Crippen molar-refractivity contribution in [3.8, 4) is 0 Å². The number of hydrogen-bond donors (Lipinski definition) is 0. The van der Waals surface area contributed by atoms with Gasteiger partial charge in [0.2, 0.25) is 20.0 Å². The predicted octanol–water partition coefficient (Wildman–Crippen LogP) is 4.82. The van der Waals surface area contributed by atoms with Gasteiger partial charge in [-0.25, -0.2) is 21.8 Å². The highest BCUT2D eigenvalue weighted by Crippen LogP contribution is 2.35. The van der Waals surface area contributed by atoms with Crippen LogP contribution >= 0.6 is 11.3 Å². The minimum absolute atomic E-state index is 0.0319. The Labute approximate surface area is 211 Å². The molecule has 0 bridgehead atoms. The van der Waals surface area contributed by atoms with E-state index in [1.807, 2.05) is 18.2 Å². The number of thiazole rings is 1. The molecule has 35 heavy (non-hydrogen) atoms. The zero-order valence-electron chi connectivity index (χ0n) is 19.8. The molecule has 5 rings (SSSR count). The lowest BCUT2D eigenvalue weighted by Crippen LogP contribution is -2.39. The summed E-state index contributed by atoms with van der Waals surface area (Å²) in [6.07, 6.45) is 6.25. The molecule has 1 aromatic heterocycles. The first-order chi connectivity index (χ1) is 16.8. The van der Waals surface area contributed by atoms with E-state index in [1.54, 1.807) is 18.4 Å². The van der Waals surface area contributed by atoms with Gasteiger partial charge in [0, 0.05) is 32.1 Å². The zero-order chi connectivity index (χ0) is 24.6. The van der Waals surface area contributed by atoms with Gasteiger partial charge >= 0.3 is 0 Å². The molecule has 10 heteroatoms. The molecule has 0 N–H and O–H groups in total. The summed E-state index contributed by atoms with van der Waals surface area (Å²) < 4.78 is 57.5. The number of hydrogen-bond acceptors (Lipinski definition) is 6. The van der Waals surface area contributed by atoms with Crippen molar-refractivity contribution < 1.29 is 16.8 Å². The van der Waals surface area contributed by atoms with Crippen molar-refractivity contribution in [3.05, 3.63) is 53.5 Å². The number of fused-ring (bicyclic) bond motifs is 1.